The molecule has 0 aromatic heterocycles. The van der Waals surface area contributed by atoms with Crippen molar-refractivity contribution < 1.29 is 9.53 Å². The predicted molar refractivity (Wildman–Crippen MR) is 96.5 cm³/mol. The molecule has 3 rings (SSSR count). The van der Waals surface area contributed by atoms with Gasteiger partial charge >= 0.3 is 0 Å². The molecule has 0 bridgehead atoms. The Hall–Kier alpha value is -2.51. The molecule has 4 nitrogen and oxygen atoms in total. The molecule has 1 aliphatic rings. The SMILES string of the molecule is C[C@@H](Oc1ccc(C#N)cc1Cl)C(=O)N[C@@H]1CCCc2ccccc21. The maximum atomic E-state index is 12.5. The van der Waals surface area contributed by atoms with E-state index in [9.17, 15) is 4.79 Å². The molecule has 0 aliphatic heterocycles. The van der Waals surface area contributed by atoms with Gasteiger partial charge in [-0.3, -0.25) is 4.79 Å². The van der Waals surface area contributed by atoms with E-state index in [0.29, 0.717) is 16.3 Å². The van der Waals surface area contributed by atoms with Gasteiger partial charge in [-0.2, -0.15) is 5.26 Å². The summed E-state index contributed by atoms with van der Waals surface area (Å²) in [6.07, 6.45) is 2.35. The molecule has 0 saturated carbocycles. The molecule has 25 heavy (non-hydrogen) atoms. The fourth-order valence-electron chi connectivity index (χ4n) is 3.10. The van der Waals surface area contributed by atoms with Crippen molar-refractivity contribution >= 4 is 17.5 Å². The van der Waals surface area contributed by atoms with Gasteiger partial charge in [0.15, 0.2) is 6.10 Å². The summed E-state index contributed by atoms with van der Waals surface area (Å²) in [5, 5.41) is 12.3. The van der Waals surface area contributed by atoms with Crippen molar-refractivity contribution in [3.05, 3.63) is 64.2 Å². The van der Waals surface area contributed by atoms with E-state index >= 15 is 0 Å². The number of hydrogen-bond donors (Lipinski definition) is 1. The standard InChI is InChI=1S/C20H19ClN2O2/c1-13(25-19-10-9-14(12-22)11-17(19)21)20(24)23-18-8-4-6-15-5-2-3-7-16(15)18/h2-3,5,7,9-11,13,18H,4,6,8H2,1H3,(H,23,24)/t13-,18-/m1/s1. The molecule has 5 heteroatoms. The van der Waals surface area contributed by atoms with Crippen LogP contribution in [0.4, 0.5) is 0 Å². The lowest BCUT2D eigenvalue weighted by Gasteiger charge is -2.27. The Bertz CT molecular complexity index is 829. The van der Waals surface area contributed by atoms with Gasteiger partial charge in [0.1, 0.15) is 5.75 Å². The highest BCUT2D eigenvalue weighted by Crippen LogP contribution is 2.30. The largest absolute Gasteiger partial charge is 0.479 e. The molecule has 1 amide bonds. The minimum absolute atomic E-state index is 0.0138. The van der Waals surface area contributed by atoms with Crippen LogP contribution in [0.25, 0.3) is 0 Å². The number of nitriles is 1. The van der Waals surface area contributed by atoms with Gasteiger partial charge in [-0.1, -0.05) is 35.9 Å². The van der Waals surface area contributed by atoms with Crippen molar-refractivity contribution in [3.63, 3.8) is 0 Å². The van der Waals surface area contributed by atoms with Crippen molar-refractivity contribution in [2.24, 2.45) is 0 Å². The van der Waals surface area contributed by atoms with Crippen LogP contribution in [-0.2, 0) is 11.2 Å². The monoisotopic (exact) mass is 354 g/mol. The Balaban J connectivity index is 1.67. The van der Waals surface area contributed by atoms with E-state index < -0.39 is 6.10 Å². The molecule has 1 aliphatic carbocycles. The number of nitrogens with one attached hydrogen (secondary N) is 1. The normalized spacial score (nSPS) is 17.1. The second-order valence-electron chi connectivity index (χ2n) is 6.17. The highest BCUT2D eigenvalue weighted by molar-refractivity contribution is 6.32. The van der Waals surface area contributed by atoms with Crippen molar-refractivity contribution in [2.45, 2.75) is 38.3 Å². The summed E-state index contributed by atoms with van der Waals surface area (Å²) in [7, 11) is 0. The molecule has 0 heterocycles. The first-order chi connectivity index (χ1) is 12.1. The van der Waals surface area contributed by atoms with Crippen LogP contribution in [0.15, 0.2) is 42.5 Å². The number of carbonyl (C=O) groups excluding carboxylic acids is 1. The minimum Gasteiger partial charge on any atom is -0.479 e. The van der Waals surface area contributed by atoms with Crippen LogP contribution in [0.3, 0.4) is 0 Å². The molecule has 2 aromatic carbocycles. The van der Waals surface area contributed by atoms with Crippen LogP contribution in [-0.4, -0.2) is 12.0 Å². The van der Waals surface area contributed by atoms with Crippen LogP contribution in [0, 0.1) is 11.3 Å². The van der Waals surface area contributed by atoms with Gasteiger partial charge in [-0.15, -0.1) is 0 Å². The van der Waals surface area contributed by atoms with E-state index in [1.165, 1.54) is 17.2 Å². The molecule has 128 valence electrons. The number of halogens is 1. The minimum atomic E-state index is -0.681. The maximum Gasteiger partial charge on any atom is 0.261 e. The summed E-state index contributed by atoms with van der Waals surface area (Å²) < 4.78 is 5.68. The second kappa shape index (κ2) is 7.58. The Morgan fingerprint density at radius 2 is 2.16 bits per heavy atom. The third-order valence-corrected chi connectivity index (χ3v) is 4.72. The van der Waals surface area contributed by atoms with Gasteiger partial charge in [0.2, 0.25) is 0 Å². The zero-order valence-corrected chi connectivity index (χ0v) is 14.7. The van der Waals surface area contributed by atoms with Gasteiger partial charge in [-0.05, 0) is 55.5 Å². The molecular weight excluding hydrogens is 336 g/mol. The molecule has 2 aromatic rings. The molecule has 0 fully saturated rings. The zero-order chi connectivity index (χ0) is 17.8. The highest BCUT2D eigenvalue weighted by Gasteiger charge is 2.24. The van der Waals surface area contributed by atoms with Crippen LogP contribution in [0.2, 0.25) is 5.02 Å². The molecule has 0 spiro atoms. The van der Waals surface area contributed by atoms with E-state index in [1.807, 2.05) is 18.2 Å². The van der Waals surface area contributed by atoms with E-state index in [2.05, 4.69) is 17.4 Å². The summed E-state index contributed by atoms with van der Waals surface area (Å²) in [4.78, 5) is 12.5. The van der Waals surface area contributed by atoms with Crippen LogP contribution >= 0.6 is 11.6 Å². The average Bonchev–Trinajstić information content (AvgIpc) is 2.63. The summed E-state index contributed by atoms with van der Waals surface area (Å²) in [5.74, 6) is 0.217. The number of hydrogen-bond acceptors (Lipinski definition) is 3. The summed E-state index contributed by atoms with van der Waals surface area (Å²) in [6, 6.07) is 15.0. The van der Waals surface area contributed by atoms with Gasteiger partial charge in [-0.25, -0.2) is 0 Å². The number of ether oxygens (including phenoxy) is 1. The number of fused-ring (bicyclic) bond motifs is 1. The molecular formula is C20H19ClN2O2. The van der Waals surface area contributed by atoms with Gasteiger partial charge < -0.3 is 10.1 Å². The molecule has 1 N–H and O–H groups in total. The smallest absolute Gasteiger partial charge is 0.261 e. The predicted octanol–water partition coefficient (Wildman–Crippen LogP) is 4.17. The number of nitrogens with zero attached hydrogens (tertiary/aromatic N) is 1. The summed E-state index contributed by atoms with van der Waals surface area (Å²) in [5.41, 5.74) is 2.93. The lowest BCUT2D eigenvalue weighted by atomic mass is 9.87. The van der Waals surface area contributed by atoms with E-state index in [4.69, 9.17) is 21.6 Å². The van der Waals surface area contributed by atoms with Crippen LogP contribution < -0.4 is 10.1 Å². The van der Waals surface area contributed by atoms with Crippen molar-refractivity contribution in [1.82, 2.24) is 5.32 Å². The van der Waals surface area contributed by atoms with Crippen molar-refractivity contribution in [3.8, 4) is 11.8 Å². The lowest BCUT2D eigenvalue weighted by molar-refractivity contribution is -0.128. The first-order valence-corrected chi connectivity index (χ1v) is 8.71. The zero-order valence-electron chi connectivity index (χ0n) is 14.0. The fraction of sp³-hybridized carbons (Fsp3) is 0.300. The topological polar surface area (TPSA) is 62.1 Å². The molecule has 0 radical (unpaired) electrons. The quantitative estimate of drug-likeness (QED) is 0.896. The van der Waals surface area contributed by atoms with E-state index in [0.717, 1.165) is 19.3 Å². The number of carbonyl (C=O) groups is 1. The molecule has 0 saturated heterocycles. The second-order valence-corrected chi connectivity index (χ2v) is 6.58. The van der Waals surface area contributed by atoms with E-state index in [1.54, 1.807) is 19.1 Å². The average molecular weight is 355 g/mol. The van der Waals surface area contributed by atoms with Crippen LogP contribution in [0.5, 0.6) is 5.75 Å². The van der Waals surface area contributed by atoms with Gasteiger partial charge in [0.05, 0.1) is 22.7 Å². The van der Waals surface area contributed by atoms with Crippen molar-refractivity contribution in [1.29, 1.82) is 5.26 Å². The Morgan fingerprint density at radius 1 is 1.36 bits per heavy atom. The fourth-order valence-corrected chi connectivity index (χ4v) is 3.33. The summed E-state index contributed by atoms with van der Waals surface area (Å²) in [6.45, 7) is 1.69. The Kier molecular flexibility index (Phi) is 5.25. The van der Waals surface area contributed by atoms with Crippen molar-refractivity contribution in [2.75, 3.05) is 0 Å². The first-order valence-electron chi connectivity index (χ1n) is 8.33. The maximum absolute atomic E-state index is 12.5. The Labute approximate surface area is 152 Å². The summed E-state index contributed by atoms with van der Waals surface area (Å²) >= 11 is 6.11. The number of amides is 1. The van der Waals surface area contributed by atoms with Gasteiger partial charge in [0, 0.05) is 0 Å². The molecule has 2 atom stereocenters. The van der Waals surface area contributed by atoms with Gasteiger partial charge in [0.25, 0.3) is 5.91 Å². The lowest BCUT2D eigenvalue weighted by Crippen LogP contribution is -2.39. The van der Waals surface area contributed by atoms with E-state index in [-0.39, 0.29) is 11.9 Å². The third kappa shape index (κ3) is 3.94. The highest BCUT2D eigenvalue weighted by atomic mass is 35.5. The molecule has 0 unspecified atom stereocenters. The number of rotatable bonds is 4. The van der Waals surface area contributed by atoms with Crippen LogP contribution in [0.1, 0.15) is 42.5 Å². The Morgan fingerprint density at radius 3 is 2.92 bits per heavy atom. The third-order valence-electron chi connectivity index (χ3n) is 4.42. The number of benzene rings is 2. The first kappa shape index (κ1) is 17.3. The number of aryl methyl sites for hydroxylation is 1.